The second-order valence-electron chi connectivity index (χ2n) is 7.10. The number of nitrogens with zero attached hydrogens (tertiary/aromatic N) is 1. The largest absolute Gasteiger partial charge is 0.478 e. The first-order valence-corrected chi connectivity index (χ1v) is 10.2. The molecule has 172 valence electrons. The molecule has 0 fully saturated rings. The number of nitro benzene ring substituents is 1. The Balaban J connectivity index is 1.82. The number of ether oxygens (including phenoxy) is 1. The molecular weight excluding hydrogens is 424 g/mol. The van der Waals surface area contributed by atoms with Crippen molar-refractivity contribution in [2.24, 2.45) is 11.5 Å². The van der Waals surface area contributed by atoms with Crippen molar-refractivity contribution >= 4 is 17.3 Å². The number of carbonyl (C=O) groups is 1. The predicted molar refractivity (Wildman–Crippen MR) is 126 cm³/mol. The van der Waals surface area contributed by atoms with Crippen LogP contribution < -0.4 is 27.4 Å². The maximum Gasteiger partial charge on any atom is 0.282 e. The van der Waals surface area contributed by atoms with Crippen LogP contribution in [0.4, 0.5) is 11.4 Å². The third-order valence-corrected chi connectivity index (χ3v) is 4.90. The minimum absolute atomic E-state index is 0.0150. The van der Waals surface area contributed by atoms with Gasteiger partial charge in [-0.2, -0.15) is 0 Å². The lowest BCUT2D eigenvalue weighted by Crippen LogP contribution is -2.52. The van der Waals surface area contributed by atoms with Crippen molar-refractivity contribution in [3.63, 3.8) is 0 Å². The molecule has 10 nitrogen and oxygen atoms in total. The molecule has 0 saturated carbocycles. The molecule has 0 bridgehead atoms. The Morgan fingerprint density at radius 2 is 2.06 bits per heavy atom. The van der Waals surface area contributed by atoms with Gasteiger partial charge < -0.3 is 21.1 Å². The fourth-order valence-corrected chi connectivity index (χ4v) is 3.44. The summed E-state index contributed by atoms with van der Waals surface area (Å²) in [6.07, 6.45) is 4.95. The van der Waals surface area contributed by atoms with Crippen LogP contribution in [0.15, 0.2) is 84.8 Å². The van der Waals surface area contributed by atoms with Crippen molar-refractivity contribution < 1.29 is 14.5 Å². The van der Waals surface area contributed by atoms with Gasteiger partial charge in [0, 0.05) is 18.2 Å². The molecule has 33 heavy (non-hydrogen) atoms. The molecule has 2 atom stereocenters. The van der Waals surface area contributed by atoms with E-state index < -0.39 is 17.0 Å². The standard InChI is InChI=1S/C23H26N6O4/c1-2-3-4-11-18-20(33-14-24)21(25)28-22(27-18)15-8-7-9-16(13-15)26-23(30)17-10-5-6-12-19(17)29(31)32/h2-10,12-13,21-22,27-28H,1,11,14,24-25H2,(H,26,30)/b4-3-/t21-,22?/m0/s1. The van der Waals surface area contributed by atoms with Crippen LogP contribution in [0.25, 0.3) is 0 Å². The van der Waals surface area contributed by atoms with Crippen LogP contribution in [0, 0.1) is 10.1 Å². The summed E-state index contributed by atoms with van der Waals surface area (Å²) in [5.41, 5.74) is 13.6. The van der Waals surface area contributed by atoms with Gasteiger partial charge in [0.05, 0.1) is 10.6 Å². The van der Waals surface area contributed by atoms with E-state index in [-0.39, 0.29) is 24.1 Å². The van der Waals surface area contributed by atoms with E-state index in [9.17, 15) is 14.9 Å². The van der Waals surface area contributed by atoms with Gasteiger partial charge in [-0.25, -0.2) is 0 Å². The molecule has 0 aliphatic carbocycles. The number of anilines is 1. The van der Waals surface area contributed by atoms with Crippen LogP contribution in [0.2, 0.25) is 0 Å². The molecule has 1 unspecified atom stereocenters. The van der Waals surface area contributed by atoms with Gasteiger partial charge in [0.1, 0.15) is 30.4 Å². The SMILES string of the molecule is C=C/C=C\CC1=C(OCN)[C@@H](N)NC(c2cccc(NC(=O)c3ccccc3[N+](=O)[O-])c2)N1. The quantitative estimate of drug-likeness (QED) is 0.169. The minimum Gasteiger partial charge on any atom is -0.478 e. The average Bonchev–Trinajstić information content (AvgIpc) is 2.81. The summed E-state index contributed by atoms with van der Waals surface area (Å²) in [4.78, 5) is 23.3. The van der Waals surface area contributed by atoms with Crippen molar-refractivity contribution in [2.75, 3.05) is 12.0 Å². The predicted octanol–water partition coefficient (Wildman–Crippen LogP) is 2.60. The van der Waals surface area contributed by atoms with E-state index in [1.807, 2.05) is 18.2 Å². The summed E-state index contributed by atoms with van der Waals surface area (Å²) >= 11 is 0. The number of carbonyl (C=O) groups excluding carboxylic acids is 1. The van der Waals surface area contributed by atoms with Crippen LogP contribution in [-0.2, 0) is 4.74 Å². The molecule has 1 aliphatic heterocycles. The van der Waals surface area contributed by atoms with Crippen LogP contribution in [-0.4, -0.2) is 23.7 Å². The number of amides is 1. The molecule has 1 aliphatic rings. The number of hydrogen-bond donors (Lipinski definition) is 5. The number of nitro groups is 1. The topological polar surface area (TPSA) is 158 Å². The highest BCUT2D eigenvalue weighted by atomic mass is 16.6. The first-order chi connectivity index (χ1) is 15.9. The van der Waals surface area contributed by atoms with E-state index >= 15 is 0 Å². The average molecular weight is 450 g/mol. The van der Waals surface area contributed by atoms with Crippen molar-refractivity contribution in [2.45, 2.75) is 18.8 Å². The lowest BCUT2D eigenvalue weighted by atomic mass is 10.1. The van der Waals surface area contributed by atoms with Crippen molar-refractivity contribution in [3.8, 4) is 0 Å². The van der Waals surface area contributed by atoms with Gasteiger partial charge in [0.25, 0.3) is 11.6 Å². The van der Waals surface area contributed by atoms with Crippen LogP contribution >= 0.6 is 0 Å². The molecule has 2 aromatic rings. The van der Waals surface area contributed by atoms with Crippen molar-refractivity contribution in [3.05, 3.63) is 106 Å². The third-order valence-electron chi connectivity index (χ3n) is 4.90. The minimum atomic E-state index is -0.600. The van der Waals surface area contributed by atoms with Crippen LogP contribution in [0.1, 0.15) is 28.5 Å². The number of allylic oxidation sites excluding steroid dienone is 3. The molecule has 0 spiro atoms. The number of nitrogens with one attached hydrogen (secondary N) is 3. The smallest absolute Gasteiger partial charge is 0.282 e. The molecule has 0 radical (unpaired) electrons. The number of nitrogens with two attached hydrogens (primary N) is 2. The molecular formula is C23H26N6O4. The maximum absolute atomic E-state index is 12.7. The van der Waals surface area contributed by atoms with E-state index in [4.69, 9.17) is 16.2 Å². The van der Waals surface area contributed by atoms with Gasteiger partial charge in [-0.15, -0.1) is 0 Å². The highest BCUT2D eigenvalue weighted by Crippen LogP contribution is 2.25. The summed E-state index contributed by atoms with van der Waals surface area (Å²) in [7, 11) is 0. The number of rotatable bonds is 9. The second kappa shape index (κ2) is 11.0. The molecule has 1 amide bonds. The van der Waals surface area contributed by atoms with Gasteiger partial charge in [0.15, 0.2) is 0 Å². The highest BCUT2D eigenvalue weighted by molar-refractivity contribution is 6.07. The molecule has 10 heteroatoms. The van der Waals surface area contributed by atoms with E-state index in [1.54, 1.807) is 30.3 Å². The fraction of sp³-hybridized carbons (Fsp3) is 0.174. The van der Waals surface area contributed by atoms with E-state index in [2.05, 4.69) is 22.5 Å². The monoisotopic (exact) mass is 450 g/mol. The Bertz CT molecular complexity index is 1100. The summed E-state index contributed by atoms with van der Waals surface area (Å²) < 4.78 is 5.51. The Hall–Kier alpha value is -3.99. The van der Waals surface area contributed by atoms with Crippen molar-refractivity contribution in [1.29, 1.82) is 0 Å². The Labute approximate surface area is 191 Å². The number of benzene rings is 2. The first kappa shape index (κ1) is 23.7. The number of para-hydroxylation sites is 1. The molecule has 0 aromatic heterocycles. The zero-order valence-corrected chi connectivity index (χ0v) is 17.9. The second-order valence-corrected chi connectivity index (χ2v) is 7.10. The van der Waals surface area contributed by atoms with Gasteiger partial charge >= 0.3 is 0 Å². The lowest BCUT2D eigenvalue weighted by Gasteiger charge is -2.34. The Kier molecular flexibility index (Phi) is 7.92. The van der Waals surface area contributed by atoms with Gasteiger partial charge in [-0.1, -0.05) is 49.1 Å². The van der Waals surface area contributed by atoms with E-state index in [1.165, 1.54) is 18.2 Å². The summed E-state index contributed by atoms with van der Waals surface area (Å²) in [5.74, 6) is -0.0576. The third kappa shape index (κ3) is 5.83. The molecule has 2 aromatic carbocycles. The van der Waals surface area contributed by atoms with Crippen molar-refractivity contribution in [1.82, 2.24) is 10.6 Å². The summed E-state index contributed by atoms with van der Waals surface area (Å²) in [6, 6.07) is 12.9. The maximum atomic E-state index is 12.7. The number of hydrogen-bond acceptors (Lipinski definition) is 8. The van der Waals surface area contributed by atoms with Crippen LogP contribution in [0.5, 0.6) is 0 Å². The summed E-state index contributed by atoms with van der Waals surface area (Å²) in [5, 5.41) is 20.5. The van der Waals surface area contributed by atoms with Gasteiger partial charge in [-0.3, -0.25) is 26.0 Å². The molecule has 3 rings (SSSR count). The lowest BCUT2D eigenvalue weighted by molar-refractivity contribution is -0.385. The van der Waals surface area contributed by atoms with Crippen LogP contribution in [0.3, 0.4) is 0 Å². The molecule has 7 N–H and O–H groups in total. The Morgan fingerprint density at radius 3 is 2.79 bits per heavy atom. The Morgan fingerprint density at radius 1 is 1.27 bits per heavy atom. The zero-order valence-electron chi connectivity index (χ0n) is 17.9. The van der Waals surface area contributed by atoms with Gasteiger partial charge in [-0.05, 0) is 23.8 Å². The molecule has 0 saturated heterocycles. The first-order valence-electron chi connectivity index (χ1n) is 10.2. The normalized spacial score (nSPS) is 18.0. The highest BCUT2D eigenvalue weighted by Gasteiger charge is 2.28. The van der Waals surface area contributed by atoms with E-state index in [0.29, 0.717) is 17.9 Å². The van der Waals surface area contributed by atoms with E-state index in [0.717, 1.165) is 11.3 Å². The molecule has 1 heterocycles. The summed E-state index contributed by atoms with van der Waals surface area (Å²) in [6.45, 7) is 3.65. The van der Waals surface area contributed by atoms with Gasteiger partial charge in [0.2, 0.25) is 0 Å². The fourth-order valence-electron chi connectivity index (χ4n) is 3.44. The zero-order chi connectivity index (χ0) is 23.8.